The van der Waals surface area contributed by atoms with Crippen molar-refractivity contribution in [2.24, 2.45) is 5.14 Å². The zero-order valence-corrected chi connectivity index (χ0v) is 24.7. The number of benzene rings is 3. The quantitative estimate of drug-likeness (QED) is 0.232. The van der Waals surface area contributed by atoms with Gasteiger partial charge in [-0.15, -0.1) is 5.10 Å². The topological polar surface area (TPSA) is 138 Å². The summed E-state index contributed by atoms with van der Waals surface area (Å²) in [7, 11) is -2.51. The Bertz CT molecular complexity index is 1770. The highest BCUT2D eigenvalue weighted by atomic mass is 35.5. The van der Waals surface area contributed by atoms with Gasteiger partial charge in [0, 0.05) is 36.8 Å². The van der Waals surface area contributed by atoms with Gasteiger partial charge in [0.1, 0.15) is 11.6 Å². The first kappa shape index (κ1) is 31.1. The maximum atomic E-state index is 15.4. The summed E-state index contributed by atoms with van der Waals surface area (Å²) in [6.07, 6.45) is 2.03. The minimum Gasteiger partial charge on any atom is -0.383 e. The summed E-state index contributed by atoms with van der Waals surface area (Å²) in [5.41, 5.74) is 0.727. The van der Waals surface area contributed by atoms with E-state index < -0.39 is 21.5 Å². The van der Waals surface area contributed by atoms with Crippen molar-refractivity contribution in [2.75, 3.05) is 20.3 Å². The van der Waals surface area contributed by atoms with Crippen LogP contribution >= 0.6 is 11.6 Å². The molecule has 0 aliphatic rings. The molecule has 0 bridgehead atoms. The Morgan fingerprint density at radius 1 is 1.14 bits per heavy atom. The monoisotopic (exact) mass is 615 g/mol. The van der Waals surface area contributed by atoms with E-state index in [0.29, 0.717) is 31.0 Å². The lowest BCUT2D eigenvalue weighted by Crippen LogP contribution is -2.28. The predicted molar refractivity (Wildman–Crippen MR) is 158 cm³/mol. The van der Waals surface area contributed by atoms with Gasteiger partial charge in [0.2, 0.25) is 10.0 Å². The van der Waals surface area contributed by atoms with E-state index in [2.05, 4.69) is 10.4 Å². The van der Waals surface area contributed by atoms with Crippen molar-refractivity contribution in [3.8, 4) is 16.8 Å². The van der Waals surface area contributed by atoms with Crippen LogP contribution in [0.3, 0.4) is 0 Å². The van der Waals surface area contributed by atoms with Crippen LogP contribution in [0.1, 0.15) is 41.5 Å². The second-order valence-electron chi connectivity index (χ2n) is 9.56. The molecule has 0 saturated carbocycles. The molecule has 10 nitrogen and oxygen atoms in total. The number of sulfonamides is 1. The Morgan fingerprint density at radius 3 is 2.60 bits per heavy atom. The first-order valence-corrected chi connectivity index (χ1v) is 15.1. The number of nitrogens with one attached hydrogen (secondary N) is 1. The van der Waals surface area contributed by atoms with Crippen LogP contribution in [0.25, 0.3) is 16.8 Å². The minimum absolute atomic E-state index is 0.122. The summed E-state index contributed by atoms with van der Waals surface area (Å²) in [5.74, 6) is -0.573. The molecule has 222 valence electrons. The molecule has 4 rings (SSSR count). The van der Waals surface area contributed by atoms with Gasteiger partial charge < -0.3 is 10.1 Å². The van der Waals surface area contributed by atoms with Crippen molar-refractivity contribution < 1.29 is 22.3 Å². The summed E-state index contributed by atoms with van der Waals surface area (Å²) in [5, 5.41) is 12.8. The number of carbonyl (C=O) groups is 1. The standard InChI is InChI=1S/C29H31ClFN5O5S/c1-3-4-9-27-34-36(25-17-20(12-13-23(25)30)28(37)33-14-15-41-2)29(38)35(27)18-21-11-10-19(16-24(21)31)22-7-5-6-8-26(22)42(32,39)40/h5-8,10-13,16-17H,3-4,9,14-15,18H2,1-2H3,(H,33,37)(H2,32,39,40). The van der Waals surface area contributed by atoms with Gasteiger partial charge in [0.15, 0.2) is 0 Å². The van der Waals surface area contributed by atoms with E-state index in [1.165, 1.54) is 48.1 Å². The molecular weight excluding hydrogens is 585 g/mol. The molecule has 13 heteroatoms. The van der Waals surface area contributed by atoms with Crippen molar-refractivity contribution in [1.29, 1.82) is 0 Å². The van der Waals surface area contributed by atoms with Crippen LogP contribution in [0.4, 0.5) is 4.39 Å². The van der Waals surface area contributed by atoms with Gasteiger partial charge in [-0.2, -0.15) is 4.68 Å². The van der Waals surface area contributed by atoms with Crippen LogP contribution in [0.15, 0.2) is 70.4 Å². The van der Waals surface area contributed by atoms with Crippen molar-refractivity contribution in [3.63, 3.8) is 0 Å². The molecule has 0 spiro atoms. The molecule has 0 saturated heterocycles. The molecule has 4 aromatic rings. The molecule has 0 atom stereocenters. The third-order valence-corrected chi connectivity index (χ3v) is 7.90. The van der Waals surface area contributed by atoms with Crippen molar-refractivity contribution in [3.05, 3.63) is 98.9 Å². The fourth-order valence-electron chi connectivity index (χ4n) is 4.42. The third-order valence-electron chi connectivity index (χ3n) is 6.61. The van der Waals surface area contributed by atoms with E-state index in [9.17, 15) is 18.0 Å². The molecule has 0 radical (unpaired) electrons. The summed E-state index contributed by atoms with van der Waals surface area (Å²) >= 11 is 6.43. The van der Waals surface area contributed by atoms with Gasteiger partial charge in [0.05, 0.1) is 28.8 Å². The lowest BCUT2D eigenvalue weighted by Gasteiger charge is -2.11. The number of aromatic nitrogens is 3. The smallest absolute Gasteiger partial charge is 0.351 e. The van der Waals surface area contributed by atoms with E-state index >= 15 is 4.39 Å². The van der Waals surface area contributed by atoms with E-state index in [0.717, 1.165) is 17.5 Å². The Labute approximate surface area is 247 Å². The highest BCUT2D eigenvalue weighted by Gasteiger charge is 2.20. The number of rotatable bonds is 12. The van der Waals surface area contributed by atoms with Crippen molar-refractivity contribution in [1.82, 2.24) is 19.7 Å². The van der Waals surface area contributed by atoms with Crippen LogP contribution in [-0.2, 0) is 27.7 Å². The van der Waals surface area contributed by atoms with Crippen molar-refractivity contribution >= 4 is 27.5 Å². The number of hydrogen-bond acceptors (Lipinski definition) is 6. The number of hydrogen-bond donors (Lipinski definition) is 2. The van der Waals surface area contributed by atoms with Crippen molar-refractivity contribution in [2.45, 2.75) is 37.6 Å². The van der Waals surface area contributed by atoms with Gasteiger partial charge in [-0.1, -0.05) is 55.3 Å². The maximum absolute atomic E-state index is 15.4. The summed E-state index contributed by atoms with van der Waals surface area (Å²) in [6, 6.07) is 14.9. The molecule has 1 aromatic heterocycles. The third kappa shape index (κ3) is 6.96. The number of nitrogens with two attached hydrogens (primary N) is 1. The number of unbranched alkanes of at least 4 members (excludes halogenated alkanes) is 1. The second-order valence-corrected chi connectivity index (χ2v) is 11.5. The molecular formula is C29H31ClFN5O5S. The molecule has 0 aliphatic carbocycles. The van der Waals surface area contributed by atoms with E-state index in [1.54, 1.807) is 24.3 Å². The van der Waals surface area contributed by atoms with Gasteiger partial charge in [-0.25, -0.2) is 22.7 Å². The zero-order chi connectivity index (χ0) is 30.4. The molecule has 1 heterocycles. The zero-order valence-electron chi connectivity index (χ0n) is 23.1. The van der Waals surface area contributed by atoms with Gasteiger partial charge in [-0.3, -0.25) is 9.36 Å². The number of methoxy groups -OCH3 is 1. The molecule has 0 aliphatic heterocycles. The first-order valence-electron chi connectivity index (χ1n) is 13.2. The number of halogens is 2. The molecule has 42 heavy (non-hydrogen) atoms. The molecule has 1 amide bonds. The summed E-state index contributed by atoms with van der Waals surface area (Å²) in [4.78, 5) is 26.1. The van der Waals surface area contributed by atoms with Crippen LogP contribution in [0.5, 0.6) is 0 Å². The maximum Gasteiger partial charge on any atom is 0.351 e. The fourth-order valence-corrected chi connectivity index (χ4v) is 5.38. The van der Waals surface area contributed by atoms with Gasteiger partial charge in [-0.05, 0) is 42.3 Å². The molecule has 0 unspecified atom stereocenters. The normalized spacial score (nSPS) is 11.5. The fraction of sp³-hybridized carbons (Fsp3) is 0.276. The summed E-state index contributed by atoms with van der Waals surface area (Å²) < 4.78 is 47.0. The highest BCUT2D eigenvalue weighted by Crippen LogP contribution is 2.28. The average Bonchev–Trinajstić information content (AvgIpc) is 3.27. The largest absolute Gasteiger partial charge is 0.383 e. The van der Waals surface area contributed by atoms with E-state index in [1.807, 2.05) is 6.92 Å². The Balaban J connectivity index is 1.72. The SMILES string of the molecule is CCCCc1nn(-c2cc(C(=O)NCCOC)ccc2Cl)c(=O)n1Cc1ccc(-c2ccccc2S(N)(=O)=O)cc1F. The van der Waals surface area contributed by atoms with E-state index in [4.69, 9.17) is 21.5 Å². The number of aryl methyl sites for hydroxylation is 1. The average molecular weight is 616 g/mol. The highest BCUT2D eigenvalue weighted by molar-refractivity contribution is 7.89. The molecule has 3 N–H and O–H groups in total. The van der Waals surface area contributed by atoms with E-state index in [-0.39, 0.29) is 44.7 Å². The minimum atomic E-state index is -4.04. The number of nitrogens with zero attached hydrogens (tertiary/aromatic N) is 3. The Morgan fingerprint density at radius 2 is 1.90 bits per heavy atom. The predicted octanol–water partition coefficient (Wildman–Crippen LogP) is 3.91. The molecule has 3 aromatic carbocycles. The number of amides is 1. The van der Waals surface area contributed by atoms with Crippen LogP contribution in [-0.4, -0.2) is 48.9 Å². The number of ether oxygens (including phenoxy) is 1. The van der Waals surface area contributed by atoms with Crippen LogP contribution in [0.2, 0.25) is 5.02 Å². The van der Waals surface area contributed by atoms with Gasteiger partial charge in [0.25, 0.3) is 5.91 Å². The number of primary sulfonamides is 1. The summed E-state index contributed by atoms with van der Waals surface area (Å²) in [6.45, 7) is 2.52. The van der Waals surface area contributed by atoms with Crippen LogP contribution in [0, 0.1) is 5.82 Å². The first-order chi connectivity index (χ1) is 20.0. The molecule has 0 fully saturated rings. The number of carbonyl (C=O) groups excluding carboxylic acids is 1. The Hall–Kier alpha value is -3.84. The lowest BCUT2D eigenvalue weighted by molar-refractivity contribution is 0.0937. The second kappa shape index (κ2) is 13.4. The van der Waals surface area contributed by atoms with Crippen LogP contribution < -0.4 is 16.1 Å². The lowest BCUT2D eigenvalue weighted by atomic mass is 10.0. The Kier molecular flexibility index (Phi) is 9.94. The van der Waals surface area contributed by atoms with Gasteiger partial charge >= 0.3 is 5.69 Å².